The number of halogens is 1. The summed E-state index contributed by atoms with van der Waals surface area (Å²) in [5.74, 6) is 0.409. The van der Waals surface area contributed by atoms with Crippen LogP contribution in [0.15, 0.2) is 41.8 Å². The van der Waals surface area contributed by atoms with Crippen molar-refractivity contribution in [1.82, 2.24) is 9.55 Å². The number of hydrogen-bond acceptors (Lipinski definition) is 3. The number of nitriles is 1. The Hall–Kier alpha value is -1.80. The fourth-order valence-corrected chi connectivity index (χ4v) is 2.22. The molecule has 0 bridgehead atoms. The number of imidazole rings is 1. The standard InChI is InChI=1S/C12H10FN3S/c13-10-3-1-4-11(9-10)16-7-6-15-12(16)17-8-2-5-14/h1,3-4,6-7,9H,2,8H2. The van der Waals surface area contributed by atoms with Gasteiger partial charge >= 0.3 is 0 Å². The first-order chi connectivity index (χ1) is 8.31. The van der Waals surface area contributed by atoms with Crippen molar-refractivity contribution in [3.63, 3.8) is 0 Å². The molecule has 0 unspecified atom stereocenters. The van der Waals surface area contributed by atoms with Gasteiger partial charge < -0.3 is 0 Å². The molecular formula is C12H10FN3S. The number of aromatic nitrogens is 2. The average molecular weight is 247 g/mol. The van der Waals surface area contributed by atoms with E-state index >= 15 is 0 Å². The Morgan fingerprint density at radius 1 is 1.47 bits per heavy atom. The van der Waals surface area contributed by atoms with Crippen LogP contribution in [0.25, 0.3) is 5.69 Å². The van der Waals surface area contributed by atoms with Crippen LogP contribution in [-0.4, -0.2) is 15.3 Å². The van der Waals surface area contributed by atoms with Gasteiger partial charge in [-0.15, -0.1) is 0 Å². The number of hydrogen-bond donors (Lipinski definition) is 0. The number of thioether (sulfide) groups is 1. The molecule has 0 saturated heterocycles. The molecule has 0 N–H and O–H groups in total. The van der Waals surface area contributed by atoms with Crippen LogP contribution in [-0.2, 0) is 0 Å². The molecule has 2 aromatic rings. The van der Waals surface area contributed by atoms with E-state index in [1.807, 2.05) is 10.6 Å². The van der Waals surface area contributed by atoms with Crippen LogP contribution in [0.4, 0.5) is 4.39 Å². The number of rotatable bonds is 4. The highest BCUT2D eigenvalue weighted by Crippen LogP contribution is 2.21. The normalized spacial score (nSPS) is 10.1. The summed E-state index contributed by atoms with van der Waals surface area (Å²) in [5.41, 5.74) is 0.738. The van der Waals surface area contributed by atoms with Gasteiger partial charge in [-0.3, -0.25) is 4.57 Å². The predicted octanol–water partition coefficient (Wildman–Crippen LogP) is 3.02. The van der Waals surface area contributed by atoms with Gasteiger partial charge in [-0.25, -0.2) is 9.37 Å². The van der Waals surface area contributed by atoms with Crippen LogP contribution in [0.3, 0.4) is 0 Å². The molecule has 0 aliphatic heterocycles. The summed E-state index contributed by atoms with van der Waals surface area (Å²) in [6.45, 7) is 0. The minimum atomic E-state index is -0.274. The van der Waals surface area contributed by atoms with Crippen molar-refractivity contribution in [3.8, 4) is 11.8 Å². The fourth-order valence-electron chi connectivity index (χ4n) is 1.41. The summed E-state index contributed by atoms with van der Waals surface area (Å²) in [6.07, 6.45) is 3.92. The second-order valence-electron chi connectivity index (χ2n) is 3.32. The maximum absolute atomic E-state index is 13.1. The molecule has 0 saturated carbocycles. The third-order valence-electron chi connectivity index (χ3n) is 2.14. The zero-order valence-corrected chi connectivity index (χ0v) is 9.82. The van der Waals surface area contributed by atoms with E-state index in [4.69, 9.17) is 5.26 Å². The first-order valence-corrected chi connectivity index (χ1v) is 6.09. The second-order valence-corrected chi connectivity index (χ2v) is 4.38. The molecule has 0 aliphatic carbocycles. The SMILES string of the molecule is N#CCCSc1nccn1-c1cccc(F)c1. The molecule has 0 fully saturated rings. The minimum absolute atomic E-state index is 0.274. The molecule has 1 aromatic carbocycles. The van der Waals surface area contributed by atoms with E-state index in [0.29, 0.717) is 12.2 Å². The van der Waals surface area contributed by atoms with Crippen LogP contribution in [0.2, 0.25) is 0 Å². The average Bonchev–Trinajstić information content (AvgIpc) is 2.78. The highest BCUT2D eigenvalue weighted by molar-refractivity contribution is 7.99. The third-order valence-corrected chi connectivity index (χ3v) is 3.11. The van der Waals surface area contributed by atoms with Crippen LogP contribution >= 0.6 is 11.8 Å². The van der Waals surface area contributed by atoms with Gasteiger partial charge in [-0.05, 0) is 18.2 Å². The molecule has 2 rings (SSSR count). The molecule has 3 nitrogen and oxygen atoms in total. The van der Waals surface area contributed by atoms with Crippen LogP contribution < -0.4 is 0 Å². The molecular weight excluding hydrogens is 237 g/mol. The summed E-state index contributed by atoms with van der Waals surface area (Å²) in [5, 5.41) is 9.25. The lowest BCUT2D eigenvalue weighted by atomic mass is 10.3. The molecule has 0 radical (unpaired) electrons. The highest BCUT2D eigenvalue weighted by atomic mass is 32.2. The summed E-state index contributed by atoms with van der Waals surface area (Å²) in [6, 6.07) is 8.42. The topological polar surface area (TPSA) is 41.6 Å². The first kappa shape index (κ1) is 11.7. The van der Waals surface area contributed by atoms with E-state index in [0.717, 1.165) is 10.8 Å². The van der Waals surface area contributed by atoms with Gasteiger partial charge in [-0.2, -0.15) is 5.26 Å². The highest BCUT2D eigenvalue weighted by Gasteiger charge is 2.05. The summed E-state index contributed by atoms with van der Waals surface area (Å²) < 4.78 is 14.9. The Bertz CT molecular complexity index is 545. The Morgan fingerprint density at radius 3 is 3.12 bits per heavy atom. The Labute approximate surface area is 103 Å². The van der Waals surface area contributed by atoms with E-state index < -0.39 is 0 Å². The number of benzene rings is 1. The van der Waals surface area contributed by atoms with Gasteiger partial charge in [-0.1, -0.05) is 17.8 Å². The lowest BCUT2D eigenvalue weighted by Gasteiger charge is -2.06. The van der Waals surface area contributed by atoms with Crippen LogP contribution in [0.1, 0.15) is 6.42 Å². The maximum Gasteiger partial charge on any atom is 0.172 e. The van der Waals surface area contributed by atoms with E-state index in [2.05, 4.69) is 11.1 Å². The second kappa shape index (κ2) is 5.51. The number of nitrogens with zero attached hydrogens (tertiary/aromatic N) is 3. The van der Waals surface area contributed by atoms with Gasteiger partial charge in [0.15, 0.2) is 5.16 Å². The lowest BCUT2D eigenvalue weighted by molar-refractivity contribution is 0.626. The smallest absolute Gasteiger partial charge is 0.172 e. The maximum atomic E-state index is 13.1. The zero-order chi connectivity index (χ0) is 12.1. The zero-order valence-electron chi connectivity index (χ0n) is 9.01. The van der Waals surface area contributed by atoms with Crippen molar-refractivity contribution < 1.29 is 4.39 Å². The van der Waals surface area contributed by atoms with Crippen molar-refractivity contribution in [2.75, 3.05) is 5.75 Å². The van der Waals surface area contributed by atoms with Crippen molar-refractivity contribution >= 4 is 11.8 Å². The quantitative estimate of drug-likeness (QED) is 0.616. The first-order valence-electron chi connectivity index (χ1n) is 5.10. The van der Waals surface area contributed by atoms with Crippen molar-refractivity contribution in [3.05, 3.63) is 42.5 Å². The van der Waals surface area contributed by atoms with E-state index in [9.17, 15) is 4.39 Å². The van der Waals surface area contributed by atoms with Gasteiger partial charge in [0.2, 0.25) is 0 Å². The monoisotopic (exact) mass is 247 g/mol. The van der Waals surface area contributed by atoms with Gasteiger partial charge in [0, 0.05) is 24.6 Å². The summed E-state index contributed by atoms with van der Waals surface area (Å²) in [4.78, 5) is 4.19. The predicted molar refractivity (Wildman–Crippen MR) is 64.5 cm³/mol. The molecule has 1 aromatic heterocycles. The molecule has 5 heteroatoms. The third kappa shape index (κ3) is 2.86. The Kier molecular flexibility index (Phi) is 3.78. The van der Waals surface area contributed by atoms with Gasteiger partial charge in [0.25, 0.3) is 0 Å². The summed E-state index contributed by atoms with van der Waals surface area (Å²) >= 11 is 1.49. The molecule has 0 spiro atoms. The fraction of sp³-hybridized carbons (Fsp3) is 0.167. The molecule has 1 heterocycles. The molecule has 86 valence electrons. The van der Waals surface area contributed by atoms with Gasteiger partial charge in [0.1, 0.15) is 5.82 Å². The molecule has 0 atom stereocenters. The van der Waals surface area contributed by atoms with Crippen LogP contribution in [0.5, 0.6) is 0 Å². The van der Waals surface area contributed by atoms with E-state index in [1.54, 1.807) is 18.5 Å². The van der Waals surface area contributed by atoms with Crippen molar-refractivity contribution in [2.24, 2.45) is 0 Å². The minimum Gasteiger partial charge on any atom is -0.295 e. The van der Waals surface area contributed by atoms with Gasteiger partial charge in [0.05, 0.1) is 11.8 Å². The lowest BCUT2D eigenvalue weighted by Crippen LogP contribution is -1.96. The van der Waals surface area contributed by atoms with E-state index in [1.165, 1.54) is 23.9 Å². The Balaban J connectivity index is 2.22. The largest absolute Gasteiger partial charge is 0.295 e. The Morgan fingerprint density at radius 2 is 2.35 bits per heavy atom. The molecule has 0 aliphatic rings. The van der Waals surface area contributed by atoms with Crippen molar-refractivity contribution in [1.29, 1.82) is 5.26 Å². The van der Waals surface area contributed by atoms with Crippen LogP contribution in [0, 0.1) is 17.1 Å². The van der Waals surface area contributed by atoms with Crippen molar-refractivity contribution in [2.45, 2.75) is 11.6 Å². The van der Waals surface area contributed by atoms with E-state index in [-0.39, 0.29) is 5.82 Å². The molecule has 0 amide bonds. The molecule has 17 heavy (non-hydrogen) atoms. The summed E-state index contributed by atoms with van der Waals surface area (Å²) in [7, 11) is 0.